The van der Waals surface area contributed by atoms with Crippen molar-refractivity contribution in [3.05, 3.63) is 53.6 Å². The molecule has 0 amide bonds. The van der Waals surface area contributed by atoms with E-state index in [1.54, 1.807) is 0 Å². The lowest BCUT2D eigenvalue weighted by Gasteiger charge is -2.19. The van der Waals surface area contributed by atoms with Crippen LogP contribution in [0.4, 0.5) is 0 Å². The lowest BCUT2D eigenvalue weighted by molar-refractivity contribution is 0.602. The molecule has 1 aliphatic rings. The molecule has 18 heavy (non-hydrogen) atoms. The second-order valence-electron chi connectivity index (χ2n) is 3.97. The predicted molar refractivity (Wildman–Crippen MR) is 71.7 cm³/mol. The smallest absolute Gasteiger partial charge is 0.151 e. The second kappa shape index (κ2) is 4.73. The zero-order valence-electron chi connectivity index (χ0n) is 9.51. The van der Waals surface area contributed by atoms with E-state index in [0.29, 0.717) is 5.56 Å². The van der Waals surface area contributed by atoms with Gasteiger partial charge >= 0.3 is 0 Å². The molecular formula is C14H10N2OS. The summed E-state index contributed by atoms with van der Waals surface area (Å²) in [5, 5.41) is 8.80. The minimum atomic E-state index is 0.667. The summed E-state index contributed by atoms with van der Waals surface area (Å²) in [6.45, 7) is 0.796. The van der Waals surface area contributed by atoms with E-state index in [9.17, 15) is 0 Å². The number of nitrogens with zero attached hydrogens (tertiary/aromatic N) is 1. The molecule has 0 fully saturated rings. The van der Waals surface area contributed by atoms with Crippen LogP contribution in [0, 0.1) is 11.3 Å². The van der Waals surface area contributed by atoms with Gasteiger partial charge in [0.1, 0.15) is 12.2 Å². The maximum absolute atomic E-state index is 8.80. The van der Waals surface area contributed by atoms with Crippen LogP contribution in [-0.4, -0.2) is 0 Å². The molecule has 2 aromatic carbocycles. The van der Waals surface area contributed by atoms with Gasteiger partial charge in [-0.25, -0.2) is 4.72 Å². The fourth-order valence-corrected chi connectivity index (χ4v) is 2.51. The van der Waals surface area contributed by atoms with Crippen LogP contribution in [0.1, 0.15) is 11.1 Å². The molecule has 0 radical (unpaired) electrons. The van der Waals surface area contributed by atoms with Gasteiger partial charge < -0.3 is 4.18 Å². The first-order chi connectivity index (χ1) is 8.88. The molecule has 88 valence electrons. The number of nitriles is 1. The standard InChI is InChI=1S/C14H10N2OS/c15-8-10-4-6-11(7-5-10)13-3-1-2-12-9-16-18-17-14(12)13/h1-7,16H,9H2. The summed E-state index contributed by atoms with van der Waals surface area (Å²) in [4.78, 5) is 0. The van der Waals surface area contributed by atoms with Crippen molar-refractivity contribution in [2.75, 3.05) is 0 Å². The van der Waals surface area contributed by atoms with E-state index in [-0.39, 0.29) is 0 Å². The Kier molecular flexibility index (Phi) is 2.93. The van der Waals surface area contributed by atoms with Gasteiger partial charge in [-0.1, -0.05) is 30.3 Å². The topological polar surface area (TPSA) is 45.0 Å². The van der Waals surface area contributed by atoms with Gasteiger partial charge in [0.2, 0.25) is 0 Å². The SMILES string of the molecule is N#Cc1ccc(-c2cccc3c2OSNC3)cc1. The Morgan fingerprint density at radius 3 is 2.78 bits per heavy atom. The monoisotopic (exact) mass is 254 g/mol. The van der Waals surface area contributed by atoms with Crippen LogP contribution >= 0.6 is 12.2 Å². The van der Waals surface area contributed by atoms with Crippen molar-refractivity contribution >= 4 is 12.2 Å². The van der Waals surface area contributed by atoms with Crippen molar-refractivity contribution in [3.8, 4) is 22.9 Å². The molecule has 3 rings (SSSR count). The van der Waals surface area contributed by atoms with Crippen LogP contribution in [0.15, 0.2) is 42.5 Å². The minimum Gasteiger partial charge on any atom is -0.409 e. The maximum atomic E-state index is 8.80. The van der Waals surface area contributed by atoms with Crippen molar-refractivity contribution in [1.29, 1.82) is 5.26 Å². The van der Waals surface area contributed by atoms with Crippen LogP contribution in [-0.2, 0) is 6.54 Å². The molecule has 0 saturated carbocycles. The molecule has 1 aliphatic heterocycles. The largest absolute Gasteiger partial charge is 0.409 e. The maximum Gasteiger partial charge on any atom is 0.151 e. The van der Waals surface area contributed by atoms with Crippen molar-refractivity contribution < 1.29 is 4.18 Å². The van der Waals surface area contributed by atoms with E-state index in [4.69, 9.17) is 9.44 Å². The summed E-state index contributed by atoms with van der Waals surface area (Å²) in [6, 6.07) is 15.8. The van der Waals surface area contributed by atoms with E-state index in [1.807, 2.05) is 36.4 Å². The number of benzene rings is 2. The van der Waals surface area contributed by atoms with E-state index in [0.717, 1.165) is 29.0 Å². The highest BCUT2D eigenvalue weighted by Gasteiger charge is 2.15. The quantitative estimate of drug-likeness (QED) is 0.626. The van der Waals surface area contributed by atoms with Crippen LogP contribution < -0.4 is 8.91 Å². The van der Waals surface area contributed by atoms with Crippen molar-refractivity contribution in [1.82, 2.24) is 4.72 Å². The number of nitrogens with one attached hydrogen (secondary N) is 1. The zero-order valence-corrected chi connectivity index (χ0v) is 10.3. The summed E-state index contributed by atoms with van der Waals surface area (Å²) < 4.78 is 8.70. The average molecular weight is 254 g/mol. The fraction of sp³-hybridized carbons (Fsp3) is 0.0714. The molecule has 0 unspecified atom stereocenters. The van der Waals surface area contributed by atoms with E-state index >= 15 is 0 Å². The molecule has 0 bridgehead atoms. The Morgan fingerprint density at radius 2 is 2.00 bits per heavy atom. The number of hydrogen-bond donors (Lipinski definition) is 1. The highest BCUT2D eigenvalue weighted by molar-refractivity contribution is 7.93. The highest BCUT2D eigenvalue weighted by atomic mass is 32.2. The van der Waals surface area contributed by atoms with E-state index < -0.39 is 0 Å². The molecule has 0 atom stereocenters. The summed E-state index contributed by atoms with van der Waals surface area (Å²) >= 11 is 1.25. The van der Waals surface area contributed by atoms with Crippen LogP contribution in [0.3, 0.4) is 0 Å². The molecule has 1 heterocycles. The van der Waals surface area contributed by atoms with Gasteiger partial charge in [0.25, 0.3) is 0 Å². The number of fused-ring (bicyclic) bond motifs is 1. The van der Waals surface area contributed by atoms with Gasteiger partial charge in [-0.05, 0) is 17.7 Å². The first kappa shape index (κ1) is 11.1. The Hall–Kier alpha value is -1.96. The first-order valence-electron chi connectivity index (χ1n) is 5.57. The Bertz CT molecular complexity index is 617. The van der Waals surface area contributed by atoms with E-state index in [1.165, 1.54) is 12.2 Å². The number of rotatable bonds is 1. The second-order valence-corrected chi connectivity index (χ2v) is 4.59. The molecule has 0 spiro atoms. The third kappa shape index (κ3) is 1.94. The molecule has 1 N–H and O–H groups in total. The Morgan fingerprint density at radius 1 is 1.17 bits per heavy atom. The molecule has 0 saturated heterocycles. The third-order valence-electron chi connectivity index (χ3n) is 2.87. The van der Waals surface area contributed by atoms with Crippen LogP contribution in [0.5, 0.6) is 5.75 Å². The predicted octanol–water partition coefficient (Wildman–Crippen LogP) is 3.27. The van der Waals surface area contributed by atoms with Gasteiger partial charge in [-0.2, -0.15) is 5.26 Å². The summed E-state index contributed by atoms with van der Waals surface area (Å²) in [5.41, 5.74) is 3.94. The van der Waals surface area contributed by atoms with Gasteiger partial charge in [0.15, 0.2) is 5.75 Å². The van der Waals surface area contributed by atoms with Crippen molar-refractivity contribution in [2.24, 2.45) is 0 Å². The fourth-order valence-electron chi connectivity index (χ4n) is 1.95. The van der Waals surface area contributed by atoms with Crippen LogP contribution in [0.2, 0.25) is 0 Å². The summed E-state index contributed by atoms with van der Waals surface area (Å²) in [6.07, 6.45) is 0. The Labute approximate surface area is 110 Å². The molecule has 4 heteroatoms. The molecule has 0 aromatic heterocycles. The molecular weight excluding hydrogens is 244 g/mol. The normalized spacial score (nSPS) is 13.3. The van der Waals surface area contributed by atoms with Crippen molar-refractivity contribution in [3.63, 3.8) is 0 Å². The highest BCUT2D eigenvalue weighted by Crippen LogP contribution is 2.37. The van der Waals surface area contributed by atoms with Crippen LogP contribution in [0.25, 0.3) is 11.1 Å². The lowest BCUT2D eigenvalue weighted by Crippen LogP contribution is -2.12. The van der Waals surface area contributed by atoms with Gasteiger partial charge in [-0.15, -0.1) is 0 Å². The van der Waals surface area contributed by atoms with E-state index in [2.05, 4.69) is 16.9 Å². The summed E-state index contributed by atoms with van der Waals surface area (Å²) in [7, 11) is 0. The average Bonchev–Trinajstić information content (AvgIpc) is 2.47. The summed E-state index contributed by atoms with van der Waals surface area (Å²) in [5.74, 6) is 0.908. The molecule has 2 aromatic rings. The minimum absolute atomic E-state index is 0.667. The molecule has 0 aliphatic carbocycles. The molecule has 3 nitrogen and oxygen atoms in total. The van der Waals surface area contributed by atoms with Gasteiger partial charge in [0, 0.05) is 17.7 Å². The Balaban J connectivity index is 2.08. The third-order valence-corrected chi connectivity index (χ3v) is 3.38. The van der Waals surface area contributed by atoms with Gasteiger partial charge in [0.05, 0.1) is 11.6 Å². The zero-order chi connectivity index (χ0) is 12.4. The number of para-hydroxylation sites is 1. The lowest BCUT2D eigenvalue weighted by atomic mass is 10.0. The first-order valence-corrected chi connectivity index (χ1v) is 6.31. The van der Waals surface area contributed by atoms with Crippen molar-refractivity contribution in [2.45, 2.75) is 6.54 Å². The van der Waals surface area contributed by atoms with Gasteiger partial charge in [-0.3, -0.25) is 0 Å². The number of hydrogen-bond acceptors (Lipinski definition) is 4.